The van der Waals surface area contributed by atoms with Crippen molar-refractivity contribution in [2.24, 2.45) is 7.05 Å². The van der Waals surface area contributed by atoms with Crippen LogP contribution in [0.25, 0.3) is 11.5 Å². The zero-order chi connectivity index (χ0) is 17.2. The van der Waals surface area contributed by atoms with Crippen molar-refractivity contribution in [2.75, 3.05) is 13.1 Å². The van der Waals surface area contributed by atoms with Crippen LogP contribution in [0.4, 0.5) is 0 Å². The minimum Gasteiger partial charge on any atom is -0.458 e. The van der Waals surface area contributed by atoms with Gasteiger partial charge in [0.25, 0.3) is 0 Å². The Kier molecular flexibility index (Phi) is 4.37. The van der Waals surface area contributed by atoms with Gasteiger partial charge in [0.15, 0.2) is 11.6 Å². The molecule has 1 saturated heterocycles. The molecular formula is C17H22N6O2. The summed E-state index contributed by atoms with van der Waals surface area (Å²) in [5.74, 6) is 3.64. The molecule has 3 aromatic heterocycles. The van der Waals surface area contributed by atoms with Crippen LogP contribution in [0.5, 0.6) is 0 Å². The van der Waals surface area contributed by atoms with Gasteiger partial charge in [-0.15, -0.1) is 10.2 Å². The lowest BCUT2D eigenvalue weighted by Crippen LogP contribution is -2.34. The number of aromatic amines is 1. The van der Waals surface area contributed by atoms with E-state index in [4.69, 9.17) is 4.42 Å². The second-order valence-corrected chi connectivity index (χ2v) is 6.50. The van der Waals surface area contributed by atoms with E-state index < -0.39 is 0 Å². The van der Waals surface area contributed by atoms with Crippen molar-refractivity contribution in [1.82, 2.24) is 29.9 Å². The van der Waals surface area contributed by atoms with Gasteiger partial charge >= 0.3 is 0 Å². The summed E-state index contributed by atoms with van der Waals surface area (Å²) < 4.78 is 7.85. The van der Waals surface area contributed by atoms with Crippen LogP contribution in [-0.4, -0.2) is 48.1 Å². The lowest BCUT2D eigenvalue weighted by atomic mass is 9.97. The smallest absolute Gasteiger partial charge is 0.158 e. The molecule has 1 atom stereocenters. The molecule has 0 saturated carbocycles. The summed E-state index contributed by atoms with van der Waals surface area (Å²) in [6.07, 6.45) is 3.92. The molecule has 0 amide bonds. The highest BCUT2D eigenvalue weighted by molar-refractivity contribution is 5.51. The van der Waals surface area contributed by atoms with Gasteiger partial charge in [0.2, 0.25) is 0 Å². The second-order valence-electron chi connectivity index (χ2n) is 6.50. The molecule has 4 heterocycles. The summed E-state index contributed by atoms with van der Waals surface area (Å²) in [6.45, 7) is 2.65. The Morgan fingerprint density at radius 2 is 2.24 bits per heavy atom. The SMILES string of the molecule is Cn1c(CO)nnc1C1CCCN(Cc2ccc(-c3ccn[nH]3)o2)C1. The summed E-state index contributed by atoms with van der Waals surface area (Å²) in [7, 11) is 1.92. The maximum absolute atomic E-state index is 9.30. The molecule has 0 aliphatic carbocycles. The fourth-order valence-electron chi connectivity index (χ4n) is 3.50. The first kappa shape index (κ1) is 16.0. The van der Waals surface area contributed by atoms with Gasteiger partial charge in [0.05, 0.1) is 6.54 Å². The third kappa shape index (κ3) is 3.22. The Bertz CT molecular complexity index is 822. The minimum absolute atomic E-state index is 0.0806. The van der Waals surface area contributed by atoms with Gasteiger partial charge in [0, 0.05) is 25.7 Å². The average molecular weight is 342 g/mol. The Labute approximate surface area is 145 Å². The molecule has 1 aliphatic heterocycles. The lowest BCUT2D eigenvalue weighted by Gasteiger charge is -2.31. The van der Waals surface area contributed by atoms with Crippen molar-refractivity contribution < 1.29 is 9.52 Å². The number of H-pyrrole nitrogens is 1. The van der Waals surface area contributed by atoms with Gasteiger partial charge in [-0.05, 0) is 37.6 Å². The Morgan fingerprint density at radius 1 is 1.32 bits per heavy atom. The molecule has 2 N–H and O–H groups in total. The molecule has 132 valence electrons. The molecule has 1 unspecified atom stereocenters. The van der Waals surface area contributed by atoms with Gasteiger partial charge < -0.3 is 14.1 Å². The largest absolute Gasteiger partial charge is 0.458 e. The average Bonchev–Trinajstić information content (AvgIpc) is 3.35. The molecule has 8 nitrogen and oxygen atoms in total. The first-order chi connectivity index (χ1) is 12.2. The Balaban J connectivity index is 1.44. The number of aliphatic hydroxyl groups is 1. The van der Waals surface area contributed by atoms with Crippen molar-refractivity contribution >= 4 is 0 Å². The standard InChI is InChI=1S/C17H22N6O2/c1-22-16(11-24)20-21-17(22)12-3-2-8-23(9-12)10-13-4-5-15(25-13)14-6-7-18-19-14/h4-7,12,24H,2-3,8-11H2,1H3,(H,18,19). The summed E-state index contributed by atoms with van der Waals surface area (Å²) in [4.78, 5) is 2.39. The number of piperidine rings is 1. The monoisotopic (exact) mass is 342 g/mol. The van der Waals surface area contributed by atoms with Crippen LogP contribution in [-0.2, 0) is 20.2 Å². The molecule has 0 radical (unpaired) electrons. The van der Waals surface area contributed by atoms with E-state index in [9.17, 15) is 5.11 Å². The van der Waals surface area contributed by atoms with Crippen molar-refractivity contribution in [3.8, 4) is 11.5 Å². The quantitative estimate of drug-likeness (QED) is 0.732. The van der Waals surface area contributed by atoms with E-state index in [1.54, 1.807) is 6.20 Å². The predicted molar refractivity (Wildman–Crippen MR) is 90.5 cm³/mol. The number of nitrogens with zero attached hydrogens (tertiary/aromatic N) is 5. The second kappa shape index (κ2) is 6.81. The van der Waals surface area contributed by atoms with E-state index in [0.717, 1.165) is 55.5 Å². The van der Waals surface area contributed by atoms with Crippen LogP contribution in [0.2, 0.25) is 0 Å². The van der Waals surface area contributed by atoms with Gasteiger partial charge in [-0.2, -0.15) is 5.10 Å². The fraction of sp³-hybridized carbons (Fsp3) is 0.471. The zero-order valence-corrected chi connectivity index (χ0v) is 14.2. The molecule has 1 fully saturated rings. The Morgan fingerprint density at radius 3 is 3.00 bits per heavy atom. The van der Waals surface area contributed by atoms with Crippen LogP contribution in [0.1, 0.15) is 36.2 Å². The summed E-state index contributed by atoms with van der Waals surface area (Å²) >= 11 is 0. The number of hydrogen-bond acceptors (Lipinski definition) is 6. The van der Waals surface area contributed by atoms with Crippen molar-refractivity contribution in [1.29, 1.82) is 0 Å². The molecular weight excluding hydrogens is 320 g/mol. The van der Waals surface area contributed by atoms with E-state index in [1.807, 2.05) is 29.8 Å². The van der Waals surface area contributed by atoms with Crippen LogP contribution in [0.3, 0.4) is 0 Å². The van der Waals surface area contributed by atoms with E-state index in [2.05, 4.69) is 25.3 Å². The number of hydrogen-bond donors (Lipinski definition) is 2. The summed E-state index contributed by atoms with van der Waals surface area (Å²) in [6, 6.07) is 5.89. The molecule has 8 heteroatoms. The van der Waals surface area contributed by atoms with Crippen molar-refractivity contribution in [3.05, 3.63) is 41.8 Å². The maximum atomic E-state index is 9.30. The Hall–Kier alpha value is -2.45. The zero-order valence-electron chi connectivity index (χ0n) is 14.2. The molecule has 1 aliphatic rings. The molecule has 0 bridgehead atoms. The summed E-state index contributed by atoms with van der Waals surface area (Å²) in [5, 5.41) is 24.5. The van der Waals surface area contributed by atoms with Crippen LogP contribution in [0.15, 0.2) is 28.8 Å². The third-order valence-corrected chi connectivity index (χ3v) is 4.82. The van der Waals surface area contributed by atoms with E-state index in [-0.39, 0.29) is 6.61 Å². The topological polar surface area (TPSA) is 96.0 Å². The van der Waals surface area contributed by atoms with Crippen molar-refractivity contribution in [2.45, 2.75) is 31.9 Å². The molecule has 4 rings (SSSR count). The molecule has 0 spiro atoms. The number of aliphatic hydroxyl groups excluding tert-OH is 1. The predicted octanol–water partition coefficient (Wildman–Crippen LogP) is 1.67. The highest BCUT2D eigenvalue weighted by atomic mass is 16.3. The van der Waals surface area contributed by atoms with Gasteiger partial charge in [0.1, 0.15) is 23.9 Å². The highest BCUT2D eigenvalue weighted by Gasteiger charge is 2.26. The number of nitrogens with one attached hydrogen (secondary N) is 1. The normalized spacial score (nSPS) is 18.7. The molecule has 25 heavy (non-hydrogen) atoms. The molecule has 3 aromatic rings. The number of aromatic nitrogens is 5. The first-order valence-corrected chi connectivity index (χ1v) is 8.54. The lowest BCUT2D eigenvalue weighted by molar-refractivity contribution is 0.182. The molecule has 0 aromatic carbocycles. The third-order valence-electron chi connectivity index (χ3n) is 4.82. The maximum Gasteiger partial charge on any atom is 0.158 e. The van der Waals surface area contributed by atoms with Crippen LogP contribution in [0, 0.1) is 0 Å². The van der Waals surface area contributed by atoms with E-state index in [0.29, 0.717) is 11.7 Å². The number of likely N-dealkylation sites (tertiary alicyclic amines) is 1. The van der Waals surface area contributed by atoms with Crippen LogP contribution < -0.4 is 0 Å². The van der Waals surface area contributed by atoms with Gasteiger partial charge in [-0.25, -0.2) is 0 Å². The summed E-state index contributed by atoms with van der Waals surface area (Å²) in [5.41, 5.74) is 0.887. The van der Waals surface area contributed by atoms with Gasteiger partial charge in [-0.3, -0.25) is 10.00 Å². The van der Waals surface area contributed by atoms with Crippen LogP contribution >= 0.6 is 0 Å². The fourth-order valence-corrected chi connectivity index (χ4v) is 3.50. The number of rotatable bonds is 5. The minimum atomic E-state index is -0.0806. The first-order valence-electron chi connectivity index (χ1n) is 8.54. The van der Waals surface area contributed by atoms with E-state index >= 15 is 0 Å². The van der Waals surface area contributed by atoms with Gasteiger partial charge in [-0.1, -0.05) is 0 Å². The van der Waals surface area contributed by atoms with E-state index in [1.165, 1.54) is 0 Å². The number of furan rings is 1. The van der Waals surface area contributed by atoms with Crippen molar-refractivity contribution in [3.63, 3.8) is 0 Å². The highest BCUT2D eigenvalue weighted by Crippen LogP contribution is 2.28.